The Morgan fingerprint density at radius 1 is 1.12 bits per heavy atom. The van der Waals surface area contributed by atoms with E-state index in [0.717, 1.165) is 10.1 Å². The number of nitrogens with zero attached hydrogens (tertiary/aromatic N) is 3. The molecule has 5 nitrogen and oxygen atoms in total. The van der Waals surface area contributed by atoms with Crippen LogP contribution in [0.25, 0.3) is 0 Å². The summed E-state index contributed by atoms with van der Waals surface area (Å²) in [6, 6.07) is 10.0. The molecule has 1 N–H and O–H groups in total. The van der Waals surface area contributed by atoms with Crippen LogP contribution in [0.3, 0.4) is 0 Å². The molecule has 1 aromatic carbocycles. The van der Waals surface area contributed by atoms with Crippen molar-refractivity contribution in [1.82, 2.24) is 15.2 Å². The first-order valence-corrected chi connectivity index (χ1v) is 9.79. The molecule has 0 aliphatic rings. The van der Waals surface area contributed by atoms with E-state index in [9.17, 15) is 4.79 Å². The molecule has 25 heavy (non-hydrogen) atoms. The van der Waals surface area contributed by atoms with Crippen molar-refractivity contribution >= 4 is 68.9 Å². The predicted octanol–water partition coefficient (Wildman–Crippen LogP) is 5.44. The van der Waals surface area contributed by atoms with Crippen molar-refractivity contribution in [2.75, 3.05) is 5.32 Å². The smallest absolute Gasteiger partial charge is 0.277 e. The summed E-state index contributed by atoms with van der Waals surface area (Å²) in [6.07, 6.45) is 1.27. The maximum absolute atomic E-state index is 12.3. The Morgan fingerprint density at radius 3 is 2.64 bits per heavy atom. The number of pyridine rings is 1. The van der Waals surface area contributed by atoms with Gasteiger partial charge in [-0.05, 0) is 5.56 Å². The van der Waals surface area contributed by atoms with Gasteiger partial charge in [-0.1, -0.05) is 88.2 Å². The molecular weight excluding hydrogens is 423 g/mol. The lowest BCUT2D eigenvalue weighted by Crippen LogP contribution is -2.14. The largest absolute Gasteiger partial charge is 0.295 e. The lowest BCUT2D eigenvalue weighted by molar-refractivity contribution is 0.102. The van der Waals surface area contributed by atoms with E-state index in [4.69, 9.17) is 34.8 Å². The molecule has 0 saturated heterocycles. The number of hydrogen-bond acceptors (Lipinski definition) is 6. The number of amides is 1. The van der Waals surface area contributed by atoms with Gasteiger partial charge in [0, 0.05) is 11.9 Å². The normalized spacial score (nSPS) is 10.7. The fourth-order valence-corrected chi connectivity index (χ4v) is 4.07. The van der Waals surface area contributed by atoms with Crippen molar-refractivity contribution in [3.63, 3.8) is 0 Å². The van der Waals surface area contributed by atoms with Crippen LogP contribution in [0.5, 0.6) is 0 Å². The number of carbonyl (C=O) groups is 1. The maximum atomic E-state index is 12.3. The van der Waals surface area contributed by atoms with Crippen molar-refractivity contribution < 1.29 is 4.79 Å². The number of hydrogen-bond donors (Lipinski definition) is 1. The number of benzene rings is 1. The van der Waals surface area contributed by atoms with Gasteiger partial charge in [0.1, 0.15) is 5.69 Å². The van der Waals surface area contributed by atoms with E-state index in [-0.39, 0.29) is 20.8 Å². The van der Waals surface area contributed by atoms with Crippen LogP contribution in [0.1, 0.15) is 16.1 Å². The Hall–Kier alpha value is -1.38. The van der Waals surface area contributed by atoms with E-state index in [1.807, 2.05) is 30.3 Å². The summed E-state index contributed by atoms with van der Waals surface area (Å²) in [6.45, 7) is 0. The van der Waals surface area contributed by atoms with Gasteiger partial charge >= 0.3 is 0 Å². The molecule has 128 valence electrons. The van der Waals surface area contributed by atoms with Gasteiger partial charge in [-0.25, -0.2) is 4.98 Å². The molecule has 0 spiro atoms. The Kier molecular flexibility index (Phi) is 6.14. The molecule has 2 aromatic heterocycles. The minimum Gasteiger partial charge on any atom is -0.295 e. The molecule has 0 fully saturated rings. The number of halogens is 3. The second kappa shape index (κ2) is 8.33. The van der Waals surface area contributed by atoms with Gasteiger partial charge in [-0.3, -0.25) is 10.1 Å². The Morgan fingerprint density at radius 2 is 1.88 bits per heavy atom. The maximum Gasteiger partial charge on any atom is 0.277 e. The van der Waals surface area contributed by atoms with E-state index < -0.39 is 5.91 Å². The molecule has 0 aliphatic heterocycles. The van der Waals surface area contributed by atoms with Crippen LogP contribution >= 0.6 is 57.9 Å². The lowest BCUT2D eigenvalue weighted by atomic mass is 10.2. The van der Waals surface area contributed by atoms with Crippen LogP contribution in [-0.2, 0) is 5.75 Å². The molecule has 2 heterocycles. The molecule has 0 bridgehead atoms. The van der Waals surface area contributed by atoms with Gasteiger partial charge in [0.25, 0.3) is 5.91 Å². The van der Waals surface area contributed by atoms with Crippen molar-refractivity contribution in [3.05, 3.63) is 62.9 Å². The molecule has 3 aromatic rings. The highest BCUT2D eigenvalue weighted by Crippen LogP contribution is 2.32. The molecule has 0 aliphatic carbocycles. The summed E-state index contributed by atoms with van der Waals surface area (Å²) in [5.74, 6) is 0.239. The molecule has 0 saturated carbocycles. The topological polar surface area (TPSA) is 67.8 Å². The van der Waals surface area contributed by atoms with E-state index in [1.165, 1.54) is 34.9 Å². The number of aromatic nitrogens is 3. The van der Waals surface area contributed by atoms with E-state index in [0.29, 0.717) is 5.13 Å². The standard InChI is InChI=1S/C15H9Cl3N4OS2/c16-9-6-19-12(11(18)10(9)17)13(23)20-14-21-22-15(25-14)24-7-8-4-2-1-3-5-8/h1-6H,7H2,(H,20,21,23). The molecule has 0 radical (unpaired) electrons. The zero-order valence-corrected chi connectivity index (χ0v) is 16.3. The molecule has 1 amide bonds. The van der Waals surface area contributed by atoms with Crippen LogP contribution in [0.2, 0.25) is 15.1 Å². The van der Waals surface area contributed by atoms with Crippen molar-refractivity contribution in [2.24, 2.45) is 0 Å². The minimum atomic E-state index is -0.528. The third-order valence-corrected chi connectivity index (χ3v) is 6.25. The average Bonchev–Trinajstić information content (AvgIpc) is 3.06. The Bertz CT molecular complexity index is 905. The second-order valence-electron chi connectivity index (χ2n) is 4.68. The third kappa shape index (κ3) is 4.62. The number of anilines is 1. The lowest BCUT2D eigenvalue weighted by Gasteiger charge is -2.05. The van der Waals surface area contributed by atoms with Crippen LogP contribution in [-0.4, -0.2) is 21.1 Å². The van der Waals surface area contributed by atoms with E-state index >= 15 is 0 Å². The van der Waals surface area contributed by atoms with E-state index in [1.54, 1.807) is 0 Å². The van der Waals surface area contributed by atoms with E-state index in [2.05, 4.69) is 20.5 Å². The first-order valence-electron chi connectivity index (χ1n) is 6.85. The van der Waals surface area contributed by atoms with Gasteiger partial charge in [0.2, 0.25) is 5.13 Å². The summed E-state index contributed by atoms with van der Waals surface area (Å²) in [5, 5.41) is 11.2. The fourth-order valence-electron chi connectivity index (χ4n) is 1.80. The first kappa shape index (κ1) is 18.4. The minimum absolute atomic E-state index is 0.00476. The van der Waals surface area contributed by atoms with Crippen LogP contribution < -0.4 is 5.32 Å². The van der Waals surface area contributed by atoms with Crippen LogP contribution in [0, 0.1) is 0 Å². The number of carbonyl (C=O) groups excluding carboxylic acids is 1. The van der Waals surface area contributed by atoms with Crippen LogP contribution in [0.4, 0.5) is 5.13 Å². The highest BCUT2D eigenvalue weighted by atomic mass is 35.5. The summed E-state index contributed by atoms with van der Waals surface area (Å²) < 4.78 is 0.743. The van der Waals surface area contributed by atoms with Gasteiger partial charge in [0.05, 0.1) is 15.1 Å². The fraction of sp³-hybridized carbons (Fsp3) is 0.0667. The van der Waals surface area contributed by atoms with Crippen molar-refractivity contribution in [2.45, 2.75) is 10.1 Å². The molecule has 0 unspecified atom stereocenters. The predicted molar refractivity (Wildman–Crippen MR) is 103 cm³/mol. The second-order valence-corrected chi connectivity index (χ2v) is 8.05. The molecule has 10 heteroatoms. The van der Waals surface area contributed by atoms with Gasteiger partial charge < -0.3 is 0 Å². The highest BCUT2D eigenvalue weighted by molar-refractivity contribution is 8.00. The summed E-state index contributed by atoms with van der Waals surface area (Å²) >= 11 is 20.5. The molecule has 0 atom stereocenters. The van der Waals surface area contributed by atoms with Gasteiger partial charge in [0.15, 0.2) is 4.34 Å². The Labute approximate surface area is 166 Å². The van der Waals surface area contributed by atoms with Gasteiger partial charge in [-0.2, -0.15) is 0 Å². The number of rotatable bonds is 5. The Balaban J connectivity index is 1.65. The average molecular weight is 432 g/mol. The molecule has 3 rings (SSSR count). The van der Waals surface area contributed by atoms with Crippen molar-refractivity contribution in [1.29, 1.82) is 0 Å². The van der Waals surface area contributed by atoms with Crippen LogP contribution in [0.15, 0.2) is 40.9 Å². The molecular formula is C15H9Cl3N4OS2. The quantitative estimate of drug-likeness (QED) is 0.430. The van der Waals surface area contributed by atoms with Crippen molar-refractivity contribution in [3.8, 4) is 0 Å². The highest BCUT2D eigenvalue weighted by Gasteiger charge is 2.18. The summed E-state index contributed by atoms with van der Waals surface area (Å²) in [4.78, 5) is 16.2. The van der Waals surface area contributed by atoms with Gasteiger partial charge in [-0.15, -0.1) is 10.2 Å². The number of thioether (sulfide) groups is 1. The summed E-state index contributed by atoms with van der Waals surface area (Å²) in [7, 11) is 0. The monoisotopic (exact) mass is 430 g/mol. The summed E-state index contributed by atoms with van der Waals surface area (Å²) in [5.41, 5.74) is 1.16. The first-order chi connectivity index (χ1) is 12.0. The SMILES string of the molecule is O=C(Nc1nnc(SCc2ccccc2)s1)c1ncc(Cl)c(Cl)c1Cl. The third-order valence-electron chi connectivity index (χ3n) is 2.96. The zero-order chi connectivity index (χ0) is 17.8. The number of nitrogens with one attached hydrogen (secondary N) is 1. The zero-order valence-electron chi connectivity index (χ0n) is 12.4.